The van der Waals surface area contributed by atoms with Crippen LogP contribution in [-0.2, 0) is 6.54 Å². The molecule has 100 valence electrons. The van der Waals surface area contributed by atoms with Crippen LogP contribution in [0.15, 0.2) is 12.1 Å². The van der Waals surface area contributed by atoms with Crippen molar-refractivity contribution in [2.45, 2.75) is 32.4 Å². The van der Waals surface area contributed by atoms with Crippen molar-refractivity contribution >= 4 is 0 Å². The van der Waals surface area contributed by atoms with Crippen molar-refractivity contribution in [1.29, 1.82) is 0 Å². The highest BCUT2D eigenvalue weighted by molar-refractivity contribution is 5.51. The van der Waals surface area contributed by atoms with Crippen molar-refractivity contribution in [3.8, 4) is 17.2 Å². The minimum absolute atomic E-state index is 0.178. The van der Waals surface area contributed by atoms with Crippen molar-refractivity contribution in [3.63, 3.8) is 0 Å². The van der Waals surface area contributed by atoms with Crippen LogP contribution < -0.4 is 14.8 Å². The van der Waals surface area contributed by atoms with E-state index in [0.29, 0.717) is 24.6 Å². The lowest BCUT2D eigenvalue weighted by molar-refractivity contribution is 0.160. The number of hydrogen-bond acceptors (Lipinski definition) is 5. The summed E-state index contributed by atoms with van der Waals surface area (Å²) < 4.78 is 10.4. The third kappa shape index (κ3) is 3.05. The van der Waals surface area contributed by atoms with Crippen molar-refractivity contribution in [1.82, 2.24) is 5.32 Å². The van der Waals surface area contributed by atoms with Crippen molar-refractivity contribution < 1.29 is 19.7 Å². The predicted molar refractivity (Wildman–Crippen MR) is 66.9 cm³/mol. The van der Waals surface area contributed by atoms with Crippen LogP contribution in [0.5, 0.6) is 17.2 Å². The summed E-state index contributed by atoms with van der Waals surface area (Å²) in [4.78, 5) is 0. The third-order valence-corrected chi connectivity index (χ3v) is 2.89. The van der Waals surface area contributed by atoms with Gasteiger partial charge in [-0.1, -0.05) is 13.3 Å². The Bertz CT molecular complexity index is 408. The third-order valence-electron chi connectivity index (χ3n) is 2.89. The van der Waals surface area contributed by atoms with E-state index in [2.05, 4.69) is 5.32 Å². The molecule has 0 spiro atoms. The maximum atomic E-state index is 9.81. The van der Waals surface area contributed by atoms with Gasteiger partial charge in [0, 0.05) is 24.7 Å². The predicted octanol–water partition coefficient (Wildman–Crippen LogP) is 1.37. The standard InChI is InChI=1S/C13H19NO4/c1-2-3-10(15)7-14-6-9-4-12-13(5-11(9)16)18-8-17-12/h4-5,10,14-16H,2-3,6-8H2,1H3. The van der Waals surface area contributed by atoms with E-state index in [0.717, 1.165) is 18.4 Å². The lowest BCUT2D eigenvalue weighted by Gasteiger charge is -2.11. The average Bonchev–Trinajstić information content (AvgIpc) is 2.76. The molecule has 3 N–H and O–H groups in total. The van der Waals surface area contributed by atoms with Gasteiger partial charge in [-0.05, 0) is 12.5 Å². The summed E-state index contributed by atoms with van der Waals surface area (Å²) >= 11 is 0. The monoisotopic (exact) mass is 253 g/mol. The normalized spacial score (nSPS) is 14.8. The Morgan fingerprint density at radius 1 is 1.33 bits per heavy atom. The lowest BCUT2D eigenvalue weighted by atomic mass is 10.1. The molecule has 0 radical (unpaired) electrons. The maximum absolute atomic E-state index is 9.81. The molecule has 0 fully saturated rings. The number of aliphatic hydroxyl groups excluding tert-OH is 1. The Morgan fingerprint density at radius 2 is 2.06 bits per heavy atom. The molecule has 1 atom stereocenters. The molecule has 0 amide bonds. The zero-order valence-corrected chi connectivity index (χ0v) is 10.5. The Balaban J connectivity index is 1.90. The largest absolute Gasteiger partial charge is 0.507 e. The summed E-state index contributed by atoms with van der Waals surface area (Å²) in [5.41, 5.74) is 0.739. The number of fused-ring (bicyclic) bond motifs is 1. The van der Waals surface area contributed by atoms with Gasteiger partial charge in [0.25, 0.3) is 0 Å². The van der Waals surface area contributed by atoms with E-state index in [4.69, 9.17) is 9.47 Å². The highest BCUT2D eigenvalue weighted by atomic mass is 16.7. The van der Waals surface area contributed by atoms with Gasteiger partial charge in [-0.2, -0.15) is 0 Å². The van der Waals surface area contributed by atoms with Crippen LogP contribution in [0, 0.1) is 0 Å². The van der Waals surface area contributed by atoms with Crippen molar-refractivity contribution in [2.75, 3.05) is 13.3 Å². The fourth-order valence-electron chi connectivity index (χ4n) is 1.92. The Kier molecular flexibility index (Phi) is 4.28. The second kappa shape index (κ2) is 5.93. The quantitative estimate of drug-likeness (QED) is 0.714. The van der Waals surface area contributed by atoms with E-state index >= 15 is 0 Å². The summed E-state index contributed by atoms with van der Waals surface area (Å²) in [6, 6.07) is 3.32. The minimum atomic E-state index is -0.342. The van der Waals surface area contributed by atoms with Crippen LogP contribution in [0.1, 0.15) is 25.3 Å². The van der Waals surface area contributed by atoms with Gasteiger partial charge in [0.1, 0.15) is 5.75 Å². The fraction of sp³-hybridized carbons (Fsp3) is 0.538. The summed E-state index contributed by atoms with van der Waals surface area (Å²) in [6.45, 7) is 3.23. The number of nitrogens with one attached hydrogen (secondary N) is 1. The molecule has 0 bridgehead atoms. The van der Waals surface area contributed by atoms with Crippen LogP contribution in [0.3, 0.4) is 0 Å². The molecular formula is C13H19NO4. The van der Waals surface area contributed by atoms with Crippen LogP contribution >= 0.6 is 0 Å². The smallest absolute Gasteiger partial charge is 0.231 e. The summed E-state index contributed by atoms with van der Waals surface area (Å²) in [5.74, 6) is 1.40. The molecule has 1 aliphatic rings. The number of phenolic OH excluding ortho intramolecular Hbond substituents is 1. The van der Waals surface area contributed by atoms with Gasteiger partial charge < -0.3 is 25.0 Å². The molecule has 1 heterocycles. The number of aliphatic hydroxyl groups is 1. The Morgan fingerprint density at radius 3 is 2.78 bits per heavy atom. The summed E-state index contributed by atoms with van der Waals surface area (Å²) in [5, 5.41) is 22.5. The van der Waals surface area contributed by atoms with Crippen LogP contribution in [0.4, 0.5) is 0 Å². The minimum Gasteiger partial charge on any atom is -0.507 e. The molecule has 18 heavy (non-hydrogen) atoms. The van der Waals surface area contributed by atoms with Gasteiger partial charge in [-0.25, -0.2) is 0 Å². The van der Waals surface area contributed by atoms with E-state index in [1.807, 2.05) is 6.92 Å². The van der Waals surface area contributed by atoms with Crippen LogP contribution in [0.2, 0.25) is 0 Å². The molecule has 1 unspecified atom stereocenters. The number of rotatable bonds is 6. The molecule has 2 rings (SSSR count). The molecule has 1 aromatic rings. The molecule has 0 aliphatic carbocycles. The number of benzene rings is 1. The topological polar surface area (TPSA) is 71.0 Å². The fourth-order valence-corrected chi connectivity index (χ4v) is 1.92. The SMILES string of the molecule is CCCC(O)CNCc1cc2c(cc1O)OCO2. The lowest BCUT2D eigenvalue weighted by Crippen LogP contribution is -2.26. The Labute approximate surface area is 106 Å². The van der Waals surface area contributed by atoms with Gasteiger partial charge >= 0.3 is 0 Å². The van der Waals surface area contributed by atoms with Crippen LogP contribution in [-0.4, -0.2) is 29.7 Å². The van der Waals surface area contributed by atoms with Gasteiger partial charge in [0.15, 0.2) is 11.5 Å². The second-order valence-electron chi connectivity index (χ2n) is 4.41. The van der Waals surface area contributed by atoms with E-state index in [1.54, 1.807) is 12.1 Å². The summed E-state index contributed by atoms with van der Waals surface area (Å²) in [7, 11) is 0. The second-order valence-corrected chi connectivity index (χ2v) is 4.41. The van der Waals surface area contributed by atoms with Gasteiger partial charge in [-0.3, -0.25) is 0 Å². The van der Waals surface area contributed by atoms with E-state index in [9.17, 15) is 10.2 Å². The molecule has 0 aromatic heterocycles. The van der Waals surface area contributed by atoms with E-state index < -0.39 is 0 Å². The maximum Gasteiger partial charge on any atom is 0.231 e. The van der Waals surface area contributed by atoms with Gasteiger partial charge in [0.2, 0.25) is 6.79 Å². The van der Waals surface area contributed by atoms with Gasteiger partial charge in [-0.15, -0.1) is 0 Å². The number of phenols is 1. The summed E-state index contributed by atoms with van der Waals surface area (Å²) in [6.07, 6.45) is 1.39. The molecular weight excluding hydrogens is 234 g/mol. The van der Waals surface area contributed by atoms with Crippen molar-refractivity contribution in [3.05, 3.63) is 17.7 Å². The molecule has 1 aliphatic heterocycles. The molecule has 5 nitrogen and oxygen atoms in total. The van der Waals surface area contributed by atoms with E-state index in [-0.39, 0.29) is 18.6 Å². The van der Waals surface area contributed by atoms with E-state index in [1.165, 1.54) is 0 Å². The number of hydrogen-bond donors (Lipinski definition) is 3. The average molecular weight is 253 g/mol. The molecule has 5 heteroatoms. The van der Waals surface area contributed by atoms with Crippen molar-refractivity contribution in [2.24, 2.45) is 0 Å². The highest BCUT2D eigenvalue weighted by Gasteiger charge is 2.16. The first-order valence-electron chi connectivity index (χ1n) is 6.21. The zero-order valence-electron chi connectivity index (χ0n) is 10.5. The molecule has 0 saturated heterocycles. The zero-order chi connectivity index (χ0) is 13.0. The number of ether oxygens (including phenoxy) is 2. The first-order valence-corrected chi connectivity index (χ1v) is 6.21. The number of aromatic hydroxyl groups is 1. The molecule has 1 aromatic carbocycles. The highest BCUT2D eigenvalue weighted by Crippen LogP contribution is 2.37. The molecule has 0 saturated carbocycles. The first-order chi connectivity index (χ1) is 8.70. The Hall–Kier alpha value is -1.46. The first kappa shape index (κ1) is 13.0. The van der Waals surface area contributed by atoms with Gasteiger partial charge in [0.05, 0.1) is 6.10 Å². The van der Waals surface area contributed by atoms with Crippen LogP contribution in [0.25, 0.3) is 0 Å².